The lowest BCUT2D eigenvalue weighted by molar-refractivity contribution is -0.138. The van der Waals surface area contributed by atoms with Crippen LogP contribution in [-0.4, -0.2) is 29.3 Å². The van der Waals surface area contributed by atoms with E-state index in [-0.39, 0.29) is 12.2 Å². The molecule has 0 amide bonds. The van der Waals surface area contributed by atoms with Gasteiger partial charge in [-0.3, -0.25) is 4.79 Å². The predicted octanol–water partition coefficient (Wildman–Crippen LogP) is 0.388. The van der Waals surface area contributed by atoms with Crippen LogP contribution in [0.3, 0.4) is 0 Å². The summed E-state index contributed by atoms with van der Waals surface area (Å²) < 4.78 is 0. The minimum atomic E-state index is -1.04. The van der Waals surface area contributed by atoms with Gasteiger partial charge < -0.3 is 21.3 Å². The molecule has 0 bridgehead atoms. The second-order valence-electron chi connectivity index (χ2n) is 3.24. The number of benzene rings is 1. The number of carboxylic acids is 1. The van der Waals surface area contributed by atoms with Crippen LogP contribution < -0.4 is 11.1 Å². The van der Waals surface area contributed by atoms with E-state index in [2.05, 4.69) is 5.32 Å². The summed E-state index contributed by atoms with van der Waals surface area (Å²) in [6.07, 6.45) is 0.228. The molecule has 0 radical (unpaired) electrons. The first-order chi connectivity index (χ1) is 7.04. The van der Waals surface area contributed by atoms with Gasteiger partial charge in [-0.15, -0.1) is 0 Å². The Kier molecular flexibility index (Phi) is 3.51. The maximum absolute atomic E-state index is 10.6. The molecule has 1 aromatic rings. The molecule has 1 unspecified atom stereocenters. The predicted molar refractivity (Wildman–Crippen MR) is 57.0 cm³/mol. The lowest BCUT2D eigenvalue weighted by Crippen LogP contribution is -2.32. The molecule has 1 atom stereocenters. The number of aliphatic carboxylic acids is 1. The van der Waals surface area contributed by atoms with Crippen molar-refractivity contribution < 1.29 is 15.0 Å². The third-order valence-electron chi connectivity index (χ3n) is 2.12. The third kappa shape index (κ3) is 2.85. The van der Waals surface area contributed by atoms with Crippen LogP contribution in [0.25, 0.3) is 0 Å². The van der Waals surface area contributed by atoms with Crippen LogP contribution in [0, 0.1) is 0 Å². The van der Waals surface area contributed by atoms with Crippen LogP contribution in [0.5, 0.6) is 5.75 Å². The van der Waals surface area contributed by atoms with Crippen molar-refractivity contribution in [1.29, 1.82) is 0 Å². The summed E-state index contributed by atoms with van der Waals surface area (Å²) in [5, 5.41) is 20.8. The summed E-state index contributed by atoms with van der Waals surface area (Å²) >= 11 is 0. The van der Waals surface area contributed by atoms with Gasteiger partial charge in [0.15, 0.2) is 0 Å². The zero-order valence-electron chi connectivity index (χ0n) is 8.40. The normalized spacial score (nSPS) is 12.1. The average Bonchev–Trinajstić information content (AvgIpc) is 2.20. The summed E-state index contributed by atoms with van der Waals surface area (Å²) in [5.74, 6) is -0.905. The highest BCUT2D eigenvalue weighted by Crippen LogP contribution is 2.22. The lowest BCUT2D eigenvalue weighted by atomic mass is 10.0. The molecular weight excluding hydrogens is 196 g/mol. The van der Waals surface area contributed by atoms with Crippen LogP contribution >= 0.6 is 0 Å². The highest BCUT2D eigenvalue weighted by Gasteiger charge is 2.14. The van der Waals surface area contributed by atoms with Crippen LogP contribution in [0.4, 0.5) is 5.69 Å². The standard InChI is InChI=1S/C10H14N2O3/c1-12-9-5-7(13)3-2-6(9)4-8(11)10(14)15/h2-3,5,8,12-13H,4,11H2,1H3,(H,14,15). The number of phenolic OH excluding ortho intramolecular Hbond substituents is 1. The Morgan fingerprint density at radius 2 is 2.27 bits per heavy atom. The van der Waals surface area contributed by atoms with E-state index in [1.54, 1.807) is 13.1 Å². The SMILES string of the molecule is CNc1cc(O)ccc1CC(N)C(=O)O. The summed E-state index contributed by atoms with van der Waals surface area (Å²) in [4.78, 5) is 10.6. The van der Waals surface area contributed by atoms with Gasteiger partial charge in [0.05, 0.1) is 0 Å². The van der Waals surface area contributed by atoms with Gasteiger partial charge in [0.2, 0.25) is 0 Å². The smallest absolute Gasteiger partial charge is 0.320 e. The van der Waals surface area contributed by atoms with Gasteiger partial charge in [-0.2, -0.15) is 0 Å². The molecule has 0 aromatic heterocycles. The van der Waals surface area contributed by atoms with Crippen molar-refractivity contribution in [2.24, 2.45) is 5.73 Å². The van der Waals surface area contributed by atoms with Crippen molar-refractivity contribution in [2.45, 2.75) is 12.5 Å². The quantitative estimate of drug-likeness (QED) is 0.576. The zero-order valence-corrected chi connectivity index (χ0v) is 8.40. The Morgan fingerprint density at radius 1 is 1.60 bits per heavy atom. The van der Waals surface area contributed by atoms with Crippen LogP contribution in [0.1, 0.15) is 5.56 Å². The monoisotopic (exact) mass is 210 g/mol. The van der Waals surface area contributed by atoms with Crippen molar-refractivity contribution in [2.75, 3.05) is 12.4 Å². The molecule has 0 saturated heterocycles. The first-order valence-corrected chi connectivity index (χ1v) is 4.52. The molecular formula is C10H14N2O3. The maximum atomic E-state index is 10.6. The van der Waals surface area contributed by atoms with Crippen molar-refractivity contribution in [1.82, 2.24) is 0 Å². The highest BCUT2D eigenvalue weighted by molar-refractivity contribution is 5.74. The van der Waals surface area contributed by atoms with E-state index in [0.29, 0.717) is 5.69 Å². The summed E-state index contributed by atoms with van der Waals surface area (Å²) in [6.45, 7) is 0. The number of rotatable bonds is 4. The Bertz CT molecular complexity index is 366. The van der Waals surface area contributed by atoms with Gasteiger partial charge in [0, 0.05) is 25.2 Å². The van der Waals surface area contributed by atoms with Crippen LogP contribution in [0.2, 0.25) is 0 Å². The third-order valence-corrected chi connectivity index (χ3v) is 2.12. The number of aromatic hydroxyl groups is 1. The highest BCUT2D eigenvalue weighted by atomic mass is 16.4. The first kappa shape index (κ1) is 11.3. The summed E-state index contributed by atoms with van der Waals surface area (Å²) in [5.41, 5.74) is 6.88. The van der Waals surface area contributed by atoms with Gasteiger partial charge in [-0.05, 0) is 11.6 Å². The van der Waals surface area contributed by atoms with E-state index in [4.69, 9.17) is 10.8 Å². The second kappa shape index (κ2) is 4.65. The van der Waals surface area contributed by atoms with E-state index in [9.17, 15) is 9.90 Å². The minimum absolute atomic E-state index is 0.131. The number of carbonyl (C=O) groups is 1. The molecule has 15 heavy (non-hydrogen) atoms. The number of carboxylic acid groups (broad SMARTS) is 1. The fourth-order valence-electron chi connectivity index (χ4n) is 1.30. The zero-order chi connectivity index (χ0) is 11.4. The number of nitrogens with two attached hydrogens (primary N) is 1. The van der Waals surface area contributed by atoms with Crippen molar-refractivity contribution in [3.8, 4) is 5.75 Å². The summed E-state index contributed by atoms with van der Waals surface area (Å²) in [7, 11) is 1.70. The molecule has 1 rings (SSSR count). The topological polar surface area (TPSA) is 95.6 Å². The maximum Gasteiger partial charge on any atom is 0.320 e. The second-order valence-corrected chi connectivity index (χ2v) is 3.24. The molecule has 0 fully saturated rings. The number of phenols is 1. The molecule has 1 aromatic carbocycles. The summed E-state index contributed by atoms with van der Waals surface area (Å²) in [6, 6.07) is 3.76. The molecule has 0 aliphatic heterocycles. The molecule has 82 valence electrons. The Labute approximate surface area is 87.5 Å². The van der Waals surface area contributed by atoms with E-state index in [1.165, 1.54) is 12.1 Å². The molecule has 5 nitrogen and oxygen atoms in total. The average molecular weight is 210 g/mol. The minimum Gasteiger partial charge on any atom is -0.508 e. The molecule has 5 heteroatoms. The van der Waals surface area contributed by atoms with Gasteiger partial charge in [0.1, 0.15) is 11.8 Å². The van der Waals surface area contributed by atoms with E-state index < -0.39 is 12.0 Å². The van der Waals surface area contributed by atoms with Gasteiger partial charge in [0.25, 0.3) is 0 Å². The van der Waals surface area contributed by atoms with Crippen molar-refractivity contribution in [3.05, 3.63) is 23.8 Å². The molecule has 0 spiro atoms. The van der Waals surface area contributed by atoms with E-state index in [0.717, 1.165) is 5.56 Å². The number of nitrogens with one attached hydrogen (secondary N) is 1. The molecule has 0 aliphatic rings. The molecule has 0 aliphatic carbocycles. The van der Waals surface area contributed by atoms with Crippen molar-refractivity contribution in [3.63, 3.8) is 0 Å². The fourth-order valence-corrected chi connectivity index (χ4v) is 1.30. The Hall–Kier alpha value is -1.75. The molecule has 0 heterocycles. The Balaban J connectivity index is 2.89. The molecule has 5 N–H and O–H groups in total. The Morgan fingerprint density at radius 3 is 2.80 bits per heavy atom. The van der Waals surface area contributed by atoms with E-state index >= 15 is 0 Å². The van der Waals surface area contributed by atoms with E-state index in [1.807, 2.05) is 0 Å². The van der Waals surface area contributed by atoms with Crippen molar-refractivity contribution >= 4 is 11.7 Å². The van der Waals surface area contributed by atoms with Gasteiger partial charge >= 0.3 is 5.97 Å². The number of anilines is 1. The first-order valence-electron chi connectivity index (χ1n) is 4.52. The number of hydrogen-bond donors (Lipinski definition) is 4. The molecule has 0 saturated carbocycles. The largest absolute Gasteiger partial charge is 0.508 e. The van der Waals surface area contributed by atoms with Gasteiger partial charge in [-0.25, -0.2) is 0 Å². The van der Waals surface area contributed by atoms with Crippen LogP contribution in [0.15, 0.2) is 18.2 Å². The number of hydrogen-bond acceptors (Lipinski definition) is 4. The fraction of sp³-hybridized carbons (Fsp3) is 0.300. The van der Waals surface area contributed by atoms with Gasteiger partial charge in [-0.1, -0.05) is 6.07 Å². The van der Waals surface area contributed by atoms with Crippen LogP contribution in [-0.2, 0) is 11.2 Å². The lowest BCUT2D eigenvalue weighted by Gasteiger charge is -2.11.